The highest BCUT2D eigenvalue weighted by molar-refractivity contribution is 5.93. The quantitative estimate of drug-likeness (QED) is 0.593. The number of fused-ring (bicyclic) bond motifs is 3. The molecule has 0 aliphatic carbocycles. The van der Waals surface area contributed by atoms with Crippen molar-refractivity contribution in [2.24, 2.45) is 0 Å². The third-order valence-electron chi connectivity index (χ3n) is 5.86. The lowest BCUT2D eigenvalue weighted by Gasteiger charge is -2.26. The molecule has 5 rings (SSSR count). The van der Waals surface area contributed by atoms with E-state index in [1.165, 1.54) is 6.33 Å². The van der Waals surface area contributed by atoms with Crippen LogP contribution in [0.5, 0.6) is 11.5 Å². The molecule has 1 N–H and O–H groups in total. The molecule has 2 atom stereocenters. The Balaban J connectivity index is 1.37. The molecule has 2 fully saturated rings. The van der Waals surface area contributed by atoms with E-state index >= 15 is 0 Å². The monoisotopic (exact) mass is 416 g/mol. The average molecular weight is 416 g/mol. The predicted octanol–water partition coefficient (Wildman–Crippen LogP) is 3.22. The summed E-state index contributed by atoms with van der Waals surface area (Å²) in [5, 5.41) is 4.19. The second-order valence-electron chi connectivity index (χ2n) is 7.78. The number of rotatable bonds is 7. The van der Waals surface area contributed by atoms with Crippen LogP contribution in [0.2, 0.25) is 0 Å². The van der Waals surface area contributed by atoms with Gasteiger partial charge in [-0.2, -0.15) is 0 Å². The molecule has 2 aliphatic heterocycles. The van der Waals surface area contributed by atoms with Crippen molar-refractivity contribution in [3.05, 3.63) is 48.3 Å². The number of nitrogens with zero attached hydrogens (tertiary/aromatic N) is 3. The third-order valence-corrected chi connectivity index (χ3v) is 5.86. The summed E-state index contributed by atoms with van der Waals surface area (Å²) in [4.78, 5) is 11.3. The molecule has 2 bridgehead atoms. The largest absolute Gasteiger partial charge is 0.493 e. The van der Waals surface area contributed by atoms with E-state index in [9.17, 15) is 0 Å². The summed E-state index contributed by atoms with van der Waals surface area (Å²) in [6.45, 7) is 3.26. The first-order valence-corrected chi connectivity index (χ1v) is 10.4. The van der Waals surface area contributed by atoms with Crippen molar-refractivity contribution in [2.45, 2.75) is 18.6 Å². The van der Waals surface area contributed by atoms with Gasteiger partial charge in [-0.1, -0.05) is 12.0 Å². The molecule has 2 aromatic carbocycles. The summed E-state index contributed by atoms with van der Waals surface area (Å²) in [5.41, 5.74) is 2.43. The van der Waals surface area contributed by atoms with Crippen LogP contribution >= 0.6 is 0 Å². The molecule has 0 saturated carbocycles. The van der Waals surface area contributed by atoms with Crippen LogP contribution < -0.4 is 14.8 Å². The Bertz CT molecular complexity index is 1140. The first-order valence-electron chi connectivity index (χ1n) is 10.4. The number of terminal acetylenes is 1. The molecule has 3 aromatic rings. The maximum absolute atomic E-state index is 6.13. The maximum atomic E-state index is 6.13. The van der Waals surface area contributed by atoms with Crippen molar-refractivity contribution in [3.63, 3.8) is 0 Å². The van der Waals surface area contributed by atoms with Crippen LogP contribution in [-0.4, -0.2) is 60.4 Å². The van der Waals surface area contributed by atoms with Crippen LogP contribution in [0.4, 0.5) is 11.5 Å². The van der Waals surface area contributed by atoms with Gasteiger partial charge >= 0.3 is 0 Å². The lowest BCUT2D eigenvalue weighted by atomic mass is 10.2. The van der Waals surface area contributed by atoms with Gasteiger partial charge in [0.2, 0.25) is 0 Å². The summed E-state index contributed by atoms with van der Waals surface area (Å²) in [5.74, 6) is 4.65. The fourth-order valence-corrected chi connectivity index (χ4v) is 4.29. The summed E-state index contributed by atoms with van der Waals surface area (Å²) >= 11 is 0. The Labute approximate surface area is 181 Å². The molecular formula is C24H24N4O3. The van der Waals surface area contributed by atoms with Gasteiger partial charge in [0.1, 0.15) is 18.8 Å². The molecule has 158 valence electrons. The number of likely N-dealkylation sites (tertiary alicyclic amines) is 1. The number of hydrogen-bond acceptors (Lipinski definition) is 7. The zero-order chi connectivity index (χ0) is 21.2. The van der Waals surface area contributed by atoms with Crippen LogP contribution in [0.25, 0.3) is 10.9 Å². The summed E-state index contributed by atoms with van der Waals surface area (Å²) in [7, 11) is 1.64. The number of morpholine rings is 1. The van der Waals surface area contributed by atoms with Gasteiger partial charge in [-0.15, -0.1) is 6.42 Å². The van der Waals surface area contributed by atoms with Gasteiger partial charge in [0.25, 0.3) is 0 Å². The Kier molecular flexibility index (Phi) is 5.33. The average Bonchev–Trinajstić information content (AvgIpc) is 3.42. The van der Waals surface area contributed by atoms with Gasteiger partial charge in [0.15, 0.2) is 11.5 Å². The molecule has 0 spiro atoms. The number of aromatic nitrogens is 2. The van der Waals surface area contributed by atoms with Gasteiger partial charge in [-0.05, 0) is 30.7 Å². The molecule has 0 amide bonds. The van der Waals surface area contributed by atoms with Crippen LogP contribution in [-0.2, 0) is 4.74 Å². The van der Waals surface area contributed by atoms with E-state index in [1.807, 2.05) is 36.4 Å². The number of hydrogen-bond donors (Lipinski definition) is 1. The lowest BCUT2D eigenvalue weighted by Crippen LogP contribution is -2.39. The summed E-state index contributed by atoms with van der Waals surface area (Å²) in [6.07, 6.45) is 8.57. The Morgan fingerprint density at radius 2 is 2.19 bits per heavy atom. The van der Waals surface area contributed by atoms with Crippen molar-refractivity contribution in [2.75, 3.05) is 38.7 Å². The Hall–Kier alpha value is -3.34. The minimum absolute atomic E-state index is 0.388. The number of anilines is 2. The first kappa shape index (κ1) is 19.6. The van der Waals surface area contributed by atoms with E-state index in [1.54, 1.807) is 7.11 Å². The van der Waals surface area contributed by atoms with Gasteiger partial charge in [0, 0.05) is 41.8 Å². The zero-order valence-corrected chi connectivity index (χ0v) is 17.4. The van der Waals surface area contributed by atoms with Crippen molar-refractivity contribution in [1.82, 2.24) is 14.9 Å². The van der Waals surface area contributed by atoms with Crippen molar-refractivity contribution in [1.29, 1.82) is 0 Å². The Morgan fingerprint density at radius 1 is 1.26 bits per heavy atom. The Morgan fingerprint density at radius 3 is 2.97 bits per heavy atom. The SMILES string of the molecule is C#Cc1cccc(Nc2ncnc3cc(OC)c(OCCN4C[C@@H]5C[C@H]4CO5)cc23)c1. The second-order valence-corrected chi connectivity index (χ2v) is 7.78. The van der Waals surface area contributed by atoms with E-state index in [4.69, 9.17) is 20.6 Å². The number of benzene rings is 2. The fraction of sp³-hybridized carbons (Fsp3) is 0.333. The number of ether oxygens (including phenoxy) is 3. The van der Waals surface area contributed by atoms with Gasteiger partial charge in [-0.25, -0.2) is 9.97 Å². The minimum Gasteiger partial charge on any atom is -0.493 e. The van der Waals surface area contributed by atoms with E-state index in [2.05, 4.69) is 26.1 Å². The second kappa shape index (κ2) is 8.42. The summed E-state index contributed by atoms with van der Waals surface area (Å²) < 4.78 is 17.4. The molecular weight excluding hydrogens is 392 g/mol. The predicted molar refractivity (Wildman–Crippen MR) is 119 cm³/mol. The summed E-state index contributed by atoms with van der Waals surface area (Å²) in [6, 6.07) is 12.0. The van der Waals surface area contributed by atoms with E-state index < -0.39 is 0 Å². The smallest absolute Gasteiger partial charge is 0.162 e. The highest BCUT2D eigenvalue weighted by Gasteiger charge is 2.38. The topological polar surface area (TPSA) is 68.7 Å². The van der Waals surface area contributed by atoms with Crippen LogP contribution in [0, 0.1) is 12.3 Å². The molecule has 3 heterocycles. The van der Waals surface area contributed by atoms with Crippen LogP contribution in [0.3, 0.4) is 0 Å². The van der Waals surface area contributed by atoms with E-state index in [0.29, 0.717) is 36.1 Å². The minimum atomic E-state index is 0.388. The van der Waals surface area contributed by atoms with Gasteiger partial charge in [0.05, 0.1) is 25.3 Å². The first-order chi connectivity index (χ1) is 15.2. The molecule has 1 aromatic heterocycles. The molecule has 7 heteroatoms. The molecule has 2 saturated heterocycles. The number of methoxy groups -OCH3 is 1. The van der Waals surface area contributed by atoms with Crippen LogP contribution in [0.1, 0.15) is 12.0 Å². The van der Waals surface area contributed by atoms with Gasteiger partial charge in [-0.3, -0.25) is 4.90 Å². The normalized spacial score (nSPS) is 20.0. The maximum Gasteiger partial charge on any atom is 0.162 e. The molecule has 7 nitrogen and oxygen atoms in total. The van der Waals surface area contributed by atoms with Crippen molar-refractivity contribution in [3.8, 4) is 23.8 Å². The molecule has 31 heavy (non-hydrogen) atoms. The van der Waals surface area contributed by atoms with Crippen molar-refractivity contribution < 1.29 is 14.2 Å². The fourth-order valence-electron chi connectivity index (χ4n) is 4.29. The third kappa shape index (κ3) is 4.00. The molecule has 0 unspecified atom stereocenters. The van der Waals surface area contributed by atoms with Gasteiger partial charge < -0.3 is 19.5 Å². The highest BCUT2D eigenvalue weighted by Crippen LogP contribution is 2.35. The molecule has 0 radical (unpaired) electrons. The van der Waals surface area contributed by atoms with E-state index in [0.717, 1.165) is 48.3 Å². The van der Waals surface area contributed by atoms with Crippen LogP contribution in [0.15, 0.2) is 42.7 Å². The highest BCUT2D eigenvalue weighted by atomic mass is 16.5. The van der Waals surface area contributed by atoms with E-state index in [-0.39, 0.29) is 0 Å². The molecule has 2 aliphatic rings. The standard InChI is InChI=1S/C24H24N4O3/c1-3-16-5-4-6-17(9-16)27-24-20-11-23(22(29-2)12-21(20)25-15-26-24)30-8-7-28-13-19-10-18(28)14-31-19/h1,4-6,9,11-12,15,18-19H,7-8,10,13-14H2,2H3,(H,25,26,27)/t18-,19-/m0/s1. The lowest BCUT2D eigenvalue weighted by molar-refractivity contribution is 0.0257. The zero-order valence-electron chi connectivity index (χ0n) is 17.4. The van der Waals surface area contributed by atoms with Crippen molar-refractivity contribution >= 4 is 22.4 Å². The number of nitrogens with one attached hydrogen (secondary N) is 1.